The van der Waals surface area contributed by atoms with Crippen LogP contribution in [0.1, 0.15) is 16.1 Å². The van der Waals surface area contributed by atoms with Gasteiger partial charge < -0.3 is 9.80 Å². The van der Waals surface area contributed by atoms with Crippen molar-refractivity contribution in [2.24, 2.45) is 7.05 Å². The Labute approximate surface area is 186 Å². The van der Waals surface area contributed by atoms with E-state index >= 15 is 0 Å². The number of fused-ring (bicyclic) bond motifs is 1. The molecule has 162 valence electrons. The van der Waals surface area contributed by atoms with Crippen LogP contribution in [0.4, 0.5) is 5.82 Å². The Morgan fingerprint density at radius 3 is 2.50 bits per heavy atom. The quantitative estimate of drug-likeness (QED) is 0.453. The van der Waals surface area contributed by atoms with Crippen LogP contribution in [0.3, 0.4) is 0 Å². The van der Waals surface area contributed by atoms with Gasteiger partial charge in [-0.2, -0.15) is 15.3 Å². The molecule has 0 aliphatic carbocycles. The average Bonchev–Trinajstić information content (AvgIpc) is 3.25. The Hall–Kier alpha value is -3.65. The van der Waals surface area contributed by atoms with Gasteiger partial charge in [-0.15, -0.1) is 0 Å². The van der Waals surface area contributed by atoms with Crippen LogP contribution in [0.15, 0.2) is 55.0 Å². The predicted molar refractivity (Wildman–Crippen MR) is 124 cm³/mol. The molecule has 1 aromatic carbocycles. The lowest BCUT2D eigenvalue weighted by molar-refractivity contribution is 0.0991. The second kappa shape index (κ2) is 8.47. The first kappa shape index (κ1) is 20.3. The minimum Gasteiger partial charge on any atom is -0.354 e. The summed E-state index contributed by atoms with van der Waals surface area (Å²) in [6, 6.07) is 11.7. The van der Waals surface area contributed by atoms with E-state index in [-0.39, 0.29) is 12.2 Å². The normalized spacial score (nSPS) is 14.8. The average molecular weight is 428 g/mol. The molecule has 5 rings (SSSR count). The molecule has 1 aliphatic rings. The van der Waals surface area contributed by atoms with E-state index in [0.717, 1.165) is 54.0 Å². The number of aromatic nitrogens is 5. The molecule has 32 heavy (non-hydrogen) atoms. The van der Waals surface area contributed by atoms with Gasteiger partial charge in [0.05, 0.1) is 23.8 Å². The molecule has 3 aromatic heterocycles. The first-order valence-corrected chi connectivity index (χ1v) is 10.7. The Bertz CT molecular complexity index is 1260. The summed E-state index contributed by atoms with van der Waals surface area (Å²) >= 11 is 0. The molecule has 4 aromatic rings. The van der Waals surface area contributed by atoms with Crippen molar-refractivity contribution in [2.45, 2.75) is 6.42 Å². The first-order valence-electron chi connectivity index (χ1n) is 10.7. The van der Waals surface area contributed by atoms with Crippen molar-refractivity contribution in [1.82, 2.24) is 29.9 Å². The summed E-state index contributed by atoms with van der Waals surface area (Å²) in [7, 11) is 4.02. The highest BCUT2D eigenvalue weighted by atomic mass is 16.1. The molecule has 0 spiro atoms. The summed E-state index contributed by atoms with van der Waals surface area (Å²) in [4.78, 5) is 21.9. The number of likely N-dealkylation sites (N-methyl/N-ethyl adjacent to an activating group) is 1. The van der Waals surface area contributed by atoms with Gasteiger partial charge >= 0.3 is 0 Å². The third kappa shape index (κ3) is 4.22. The summed E-state index contributed by atoms with van der Waals surface area (Å²) in [5.74, 6) is 0.905. The molecule has 0 radical (unpaired) electrons. The van der Waals surface area contributed by atoms with Crippen molar-refractivity contribution in [3.63, 3.8) is 0 Å². The first-order chi connectivity index (χ1) is 15.5. The molecular weight excluding hydrogens is 402 g/mol. The molecule has 1 aliphatic heterocycles. The molecule has 0 unspecified atom stereocenters. The highest BCUT2D eigenvalue weighted by molar-refractivity contribution is 5.97. The molecule has 1 fully saturated rings. The number of piperazine rings is 1. The largest absolute Gasteiger partial charge is 0.354 e. The van der Waals surface area contributed by atoms with Gasteiger partial charge in [0.25, 0.3) is 0 Å². The summed E-state index contributed by atoms with van der Waals surface area (Å²) in [5.41, 5.74) is 4.13. The highest BCUT2D eigenvalue weighted by Crippen LogP contribution is 2.23. The Balaban J connectivity index is 1.31. The SMILES string of the molecule is CN1CCN(c2ccc(C(=O)Cc3cc4cc(-c5cnn(C)c5)ccc4nn3)cn2)CC1. The van der Waals surface area contributed by atoms with E-state index < -0.39 is 0 Å². The van der Waals surface area contributed by atoms with Crippen LogP contribution in [0.5, 0.6) is 0 Å². The number of carbonyl (C=O) groups excluding carboxylic acids is 1. The minimum atomic E-state index is -0.0144. The van der Waals surface area contributed by atoms with E-state index in [1.165, 1.54) is 0 Å². The van der Waals surface area contributed by atoms with E-state index in [9.17, 15) is 4.79 Å². The predicted octanol–water partition coefficient (Wildman–Crippen LogP) is 2.60. The lowest BCUT2D eigenvalue weighted by Crippen LogP contribution is -2.44. The van der Waals surface area contributed by atoms with Crippen molar-refractivity contribution in [3.05, 3.63) is 66.2 Å². The number of anilines is 1. The van der Waals surface area contributed by atoms with Gasteiger partial charge in [0.1, 0.15) is 5.82 Å². The molecule has 4 heterocycles. The summed E-state index contributed by atoms with van der Waals surface area (Å²) in [6.07, 6.45) is 5.67. The van der Waals surface area contributed by atoms with Crippen LogP contribution < -0.4 is 4.90 Å². The van der Waals surface area contributed by atoms with Crippen LogP contribution in [-0.4, -0.2) is 68.9 Å². The smallest absolute Gasteiger partial charge is 0.170 e. The number of rotatable bonds is 5. The van der Waals surface area contributed by atoms with Crippen molar-refractivity contribution in [2.75, 3.05) is 38.1 Å². The van der Waals surface area contributed by atoms with Gasteiger partial charge in [0.15, 0.2) is 5.78 Å². The third-order valence-corrected chi connectivity index (χ3v) is 5.91. The van der Waals surface area contributed by atoms with Crippen LogP contribution in [0, 0.1) is 0 Å². The monoisotopic (exact) mass is 427 g/mol. The number of hydrogen-bond donors (Lipinski definition) is 0. The van der Waals surface area contributed by atoms with Gasteiger partial charge in [-0.1, -0.05) is 6.07 Å². The molecule has 0 N–H and O–H groups in total. The van der Waals surface area contributed by atoms with Gasteiger partial charge in [0.2, 0.25) is 0 Å². The maximum absolute atomic E-state index is 12.8. The number of ketones is 1. The second-order valence-corrected chi connectivity index (χ2v) is 8.31. The highest BCUT2D eigenvalue weighted by Gasteiger charge is 2.16. The topological polar surface area (TPSA) is 80.0 Å². The number of Topliss-reactive ketones (excluding diaryl/α,β-unsaturated/α-hetero) is 1. The van der Waals surface area contributed by atoms with Crippen molar-refractivity contribution >= 4 is 22.5 Å². The molecule has 1 saturated heterocycles. The summed E-state index contributed by atoms with van der Waals surface area (Å²) in [6.45, 7) is 3.94. The second-order valence-electron chi connectivity index (χ2n) is 8.31. The van der Waals surface area contributed by atoms with Crippen molar-refractivity contribution in [3.8, 4) is 11.1 Å². The van der Waals surface area contributed by atoms with Crippen LogP contribution in [0.25, 0.3) is 22.0 Å². The number of benzene rings is 1. The van der Waals surface area contributed by atoms with E-state index in [1.807, 2.05) is 49.8 Å². The Kier molecular flexibility index (Phi) is 5.36. The van der Waals surface area contributed by atoms with E-state index in [1.54, 1.807) is 10.9 Å². The van der Waals surface area contributed by atoms with Crippen molar-refractivity contribution in [1.29, 1.82) is 0 Å². The van der Waals surface area contributed by atoms with E-state index in [0.29, 0.717) is 11.3 Å². The maximum atomic E-state index is 12.8. The molecule has 0 saturated carbocycles. The molecule has 0 atom stereocenters. The molecular formula is C24H25N7O. The number of hydrogen-bond acceptors (Lipinski definition) is 7. The molecule has 0 bridgehead atoms. The molecule has 8 nitrogen and oxygen atoms in total. The van der Waals surface area contributed by atoms with Gasteiger partial charge in [-0.3, -0.25) is 9.48 Å². The van der Waals surface area contributed by atoms with E-state index in [2.05, 4.69) is 43.2 Å². The van der Waals surface area contributed by atoms with Crippen LogP contribution in [0.2, 0.25) is 0 Å². The van der Waals surface area contributed by atoms with Gasteiger partial charge in [-0.25, -0.2) is 4.98 Å². The van der Waals surface area contributed by atoms with E-state index in [4.69, 9.17) is 0 Å². The summed E-state index contributed by atoms with van der Waals surface area (Å²) < 4.78 is 1.78. The maximum Gasteiger partial charge on any atom is 0.170 e. The van der Waals surface area contributed by atoms with Crippen LogP contribution in [-0.2, 0) is 13.5 Å². The molecule has 8 heteroatoms. The lowest BCUT2D eigenvalue weighted by Gasteiger charge is -2.33. The van der Waals surface area contributed by atoms with Gasteiger partial charge in [-0.05, 0) is 42.9 Å². The summed E-state index contributed by atoms with van der Waals surface area (Å²) in [5, 5.41) is 13.7. The fourth-order valence-electron chi connectivity index (χ4n) is 3.96. The lowest BCUT2D eigenvalue weighted by atomic mass is 10.0. The zero-order valence-electron chi connectivity index (χ0n) is 18.3. The zero-order valence-corrected chi connectivity index (χ0v) is 18.3. The fourth-order valence-corrected chi connectivity index (χ4v) is 3.96. The Morgan fingerprint density at radius 2 is 1.78 bits per heavy atom. The minimum absolute atomic E-state index is 0.0144. The van der Waals surface area contributed by atoms with Crippen LogP contribution >= 0.6 is 0 Å². The zero-order chi connectivity index (χ0) is 22.1. The standard InChI is InChI=1S/C24H25N7O/c1-29-7-9-31(10-8-29)24-6-4-18(14-25-24)23(32)13-21-12-19-11-17(3-5-22(19)28-27-21)20-15-26-30(2)16-20/h3-6,11-12,14-16H,7-10,13H2,1-2H3. The number of nitrogens with zero attached hydrogens (tertiary/aromatic N) is 7. The number of aryl methyl sites for hydroxylation is 1. The fraction of sp³-hybridized carbons (Fsp3) is 0.292. The number of carbonyl (C=O) groups is 1. The molecule has 0 amide bonds. The number of pyridine rings is 1. The van der Waals surface area contributed by atoms with Gasteiger partial charge in [0, 0.05) is 62.1 Å². The Morgan fingerprint density at radius 1 is 0.938 bits per heavy atom. The third-order valence-electron chi connectivity index (χ3n) is 5.91. The van der Waals surface area contributed by atoms with Crippen molar-refractivity contribution < 1.29 is 4.79 Å².